The number of aliphatic hydroxyl groups excluding tert-OH is 1. The number of aliphatic hydroxyl groups is 1. The van der Waals surface area contributed by atoms with E-state index in [2.05, 4.69) is 15.5 Å². The van der Waals surface area contributed by atoms with E-state index in [4.69, 9.17) is 0 Å². The van der Waals surface area contributed by atoms with Crippen LogP contribution >= 0.6 is 0 Å². The number of carbonyl (C=O) groups is 4. The van der Waals surface area contributed by atoms with Crippen LogP contribution in [0.25, 0.3) is 0 Å². The maximum atomic E-state index is 13.2. The zero-order chi connectivity index (χ0) is 19.2. The maximum Gasteiger partial charge on any atom is 0.375 e. The first-order valence-corrected chi connectivity index (χ1v) is 8.90. The van der Waals surface area contributed by atoms with E-state index in [1.807, 2.05) is 13.0 Å². The summed E-state index contributed by atoms with van der Waals surface area (Å²) >= 11 is 0. The van der Waals surface area contributed by atoms with Crippen molar-refractivity contribution in [2.75, 3.05) is 14.2 Å². The Balaban J connectivity index is 1.98. The van der Waals surface area contributed by atoms with Gasteiger partial charge in [-0.2, -0.15) is 0 Å². The van der Waals surface area contributed by atoms with Crippen molar-refractivity contribution in [1.29, 1.82) is 0 Å². The summed E-state index contributed by atoms with van der Waals surface area (Å²) in [7, 11) is 2.29. The van der Waals surface area contributed by atoms with Crippen molar-refractivity contribution in [2.45, 2.75) is 25.9 Å². The summed E-state index contributed by atoms with van der Waals surface area (Å²) in [4.78, 5) is 49.3. The fourth-order valence-corrected chi connectivity index (χ4v) is 5.43. The van der Waals surface area contributed by atoms with Gasteiger partial charge in [-0.3, -0.25) is 14.4 Å². The Bertz CT molecular complexity index is 667. The molecular weight excluding hydrogens is 340 g/mol. The number of fused-ring (bicyclic) bond motifs is 5. The molecule has 0 aliphatic heterocycles. The van der Waals surface area contributed by atoms with Crippen LogP contribution in [0.1, 0.15) is 19.8 Å². The van der Waals surface area contributed by atoms with E-state index in [1.54, 1.807) is 0 Å². The normalized spacial score (nSPS) is 38.6. The van der Waals surface area contributed by atoms with Crippen LogP contribution < -0.4 is 0 Å². The molecule has 3 rings (SSSR count). The van der Waals surface area contributed by atoms with Crippen molar-refractivity contribution in [1.82, 2.24) is 0 Å². The SMILES string of the molecule is COC(=O)CC(O)C1C(C(=O)C(=O)OC)C(=O)C2C3C=CC(C3)C2C1C. The van der Waals surface area contributed by atoms with Gasteiger partial charge < -0.3 is 14.6 Å². The van der Waals surface area contributed by atoms with Crippen LogP contribution in [0.15, 0.2) is 12.2 Å². The summed E-state index contributed by atoms with van der Waals surface area (Å²) in [6.45, 7) is 1.89. The van der Waals surface area contributed by atoms with E-state index in [-0.39, 0.29) is 41.8 Å². The molecule has 2 fully saturated rings. The van der Waals surface area contributed by atoms with Crippen LogP contribution in [0.5, 0.6) is 0 Å². The lowest BCUT2D eigenvalue weighted by Crippen LogP contribution is -2.55. The van der Waals surface area contributed by atoms with E-state index in [1.165, 1.54) is 7.11 Å². The number of allylic oxidation sites excluding steroid dienone is 2. The van der Waals surface area contributed by atoms with Gasteiger partial charge in [0.2, 0.25) is 0 Å². The minimum atomic E-state index is -1.29. The second kappa shape index (κ2) is 6.95. The van der Waals surface area contributed by atoms with Gasteiger partial charge in [-0.1, -0.05) is 19.1 Å². The third kappa shape index (κ3) is 2.78. The molecule has 142 valence electrons. The third-order valence-corrected chi connectivity index (χ3v) is 6.47. The molecule has 7 nitrogen and oxygen atoms in total. The molecule has 2 bridgehead atoms. The standard InChI is InChI=1S/C19H24O7/c1-8-13-9-4-5-10(6-9)15(13)17(22)16(18(23)19(24)26-3)14(8)11(20)7-12(21)25-2/h4-5,8-11,13-16,20H,6-7H2,1-3H3. The summed E-state index contributed by atoms with van der Waals surface area (Å²) in [5.41, 5.74) is 0. The molecule has 0 amide bonds. The number of hydrogen-bond acceptors (Lipinski definition) is 7. The molecule has 0 aromatic rings. The number of ether oxygens (including phenoxy) is 2. The molecule has 0 radical (unpaired) electrons. The maximum absolute atomic E-state index is 13.2. The second-order valence-corrected chi connectivity index (χ2v) is 7.57. The number of esters is 2. The van der Waals surface area contributed by atoms with E-state index < -0.39 is 35.7 Å². The zero-order valence-electron chi connectivity index (χ0n) is 15.1. The Kier molecular flexibility index (Phi) is 5.01. The average Bonchev–Trinajstić information content (AvgIpc) is 3.24. The predicted molar refractivity (Wildman–Crippen MR) is 88.5 cm³/mol. The van der Waals surface area contributed by atoms with Gasteiger partial charge in [-0.05, 0) is 30.1 Å². The number of carbonyl (C=O) groups excluding carboxylic acids is 4. The van der Waals surface area contributed by atoms with E-state index >= 15 is 0 Å². The first-order valence-electron chi connectivity index (χ1n) is 8.90. The van der Waals surface area contributed by atoms with E-state index in [0.29, 0.717) is 0 Å². The number of methoxy groups -OCH3 is 2. The van der Waals surface area contributed by atoms with Gasteiger partial charge in [0.15, 0.2) is 0 Å². The molecule has 0 aromatic heterocycles. The minimum absolute atomic E-state index is 0.0106. The first kappa shape index (κ1) is 18.8. The van der Waals surface area contributed by atoms with Crippen LogP contribution in [-0.2, 0) is 28.7 Å². The lowest BCUT2D eigenvalue weighted by atomic mass is 9.56. The summed E-state index contributed by atoms with van der Waals surface area (Å²) in [5, 5.41) is 10.7. The fourth-order valence-electron chi connectivity index (χ4n) is 5.43. The number of ketones is 2. The molecule has 2 saturated carbocycles. The molecule has 8 unspecified atom stereocenters. The van der Waals surface area contributed by atoms with Gasteiger partial charge in [0, 0.05) is 11.8 Å². The van der Waals surface area contributed by atoms with Crippen LogP contribution in [0.3, 0.4) is 0 Å². The highest BCUT2D eigenvalue weighted by molar-refractivity contribution is 6.38. The Morgan fingerprint density at radius 2 is 1.85 bits per heavy atom. The van der Waals surface area contributed by atoms with Crippen LogP contribution in [0.4, 0.5) is 0 Å². The monoisotopic (exact) mass is 364 g/mol. The van der Waals surface area contributed by atoms with Gasteiger partial charge in [-0.15, -0.1) is 0 Å². The first-order chi connectivity index (χ1) is 12.3. The van der Waals surface area contributed by atoms with Crippen LogP contribution in [0.2, 0.25) is 0 Å². The summed E-state index contributed by atoms with van der Waals surface area (Å²) < 4.78 is 9.13. The molecule has 0 aromatic carbocycles. The summed E-state index contributed by atoms with van der Waals surface area (Å²) in [5.74, 6) is -5.28. The number of Topliss-reactive ketones (excluding diaryl/α,β-unsaturated/α-hetero) is 2. The molecule has 1 N–H and O–H groups in total. The Morgan fingerprint density at radius 1 is 1.19 bits per heavy atom. The van der Waals surface area contributed by atoms with E-state index in [9.17, 15) is 24.3 Å². The van der Waals surface area contributed by atoms with E-state index in [0.717, 1.165) is 13.5 Å². The van der Waals surface area contributed by atoms with Gasteiger partial charge in [0.05, 0.1) is 32.7 Å². The fraction of sp³-hybridized carbons (Fsp3) is 0.684. The molecular formula is C19H24O7. The molecule has 0 saturated heterocycles. The quantitative estimate of drug-likeness (QED) is 0.328. The second-order valence-electron chi connectivity index (χ2n) is 7.57. The van der Waals surface area contributed by atoms with Crippen molar-refractivity contribution in [2.24, 2.45) is 41.4 Å². The molecule has 3 aliphatic carbocycles. The average molecular weight is 364 g/mol. The highest BCUT2D eigenvalue weighted by Crippen LogP contribution is 2.58. The van der Waals surface area contributed by atoms with Crippen molar-refractivity contribution in [3.05, 3.63) is 12.2 Å². The highest BCUT2D eigenvalue weighted by atomic mass is 16.5. The van der Waals surface area contributed by atoms with Gasteiger partial charge >= 0.3 is 11.9 Å². The summed E-state index contributed by atoms with van der Waals surface area (Å²) in [6.07, 6.45) is 3.39. The Labute approximate surface area is 151 Å². The molecule has 0 spiro atoms. The Hall–Kier alpha value is -2.02. The van der Waals surface area contributed by atoms with Crippen molar-refractivity contribution >= 4 is 23.5 Å². The predicted octanol–water partition coefficient (Wildman–Crippen LogP) is 0.542. The highest BCUT2D eigenvalue weighted by Gasteiger charge is 2.61. The lowest BCUT2D eigenvalue weighted by molar-refractivity contribution is -0.164. The lowest BCUT2D eigenvalue weighted by Gasteiger charge is -2.46. The zero-order valence-corrected chi connectivity index (χ0v) is 15.1. The number of hydrogen-bond donors (Lipinski definition) is 1. The largest absolute Gasteiger partial charge is 0.469 e. The molecule has 3 aliphatic rings. The molecule has 7 heteroatoms. The van der Waals surface area contributed by atoms with Gasteiger partial charge in [0.1, 0.15) is 5.78 Å². The molecule has 8 atom stereocenters. The van der Waals surface area contributed by atoms with Crippen molar-refractivity contribution in [3.8, 4) is 0 Å². The Morgan fingerprint density at radius 3 is 2.46 bits per heavy atom. The smallest absolute Gasteiger partial charge is 0.375 e. The van der Waals surface area contributed by atoms with Crippen molar-refractivity contribution < 1.29 is 33.8 Å². The minimum Gasteiger partial charge on any atom is -0.469 e. The van der Waals surface area contributed by atoms with Gasteiger partial charge in [0.25, 0.3) is 5.78 Å². The topological polar surface area (TPSA) is 107 Å². The van der Waals surface area contributed by atoms with Crippen molar-refractivity contribution in [3.63, 3.8) is 0 Å². The third-order valence-electron chi connectivity index (χ3n) is 6.47. The summed E-state index contributed by atoms with van der Waals surface area (Å²) in [6, 6.07) is 0. The molecule has 26 heavy (non-hydrogen) atoms. The van der Waals surface area contributed by atoms with Gasteiger partial charge in [-0.25, -0.2) is 4.79 Å². The van der Waals surface area contributed by atoms with Crippen LogP contribution in [-0.4, -0.2) is 48.9 Å². The molecule has 0 heterocycles. The number of rotatable bonds is 5. The van der Waals surface area contributed by atoms with Crippen LogP contribution in [0, 0.1) is 41.4 Å².